The van der Waals surface area contributed by atoms with Crippen LogP contribution in [-0.4, -0.2) is 24.5 Å². The van der Waals surface area contributed by atoms with Crippen molar-refractivity contribution in [3.05, 3.63) is 64.5 Å². The van der Waals surface area contributed by atoms with E-state index in [1.807, 2.05) is 13.8 Å². The number of amides is 2. The Morgan fingerprint density at radius 3 is 2.80 bits per heavy atom. The fourth-order valence-electron chi connectivity index (χ4n) is 2.64. The van der Waals surface area contributed by atoms with Crippen molar-refractivity contribution >= 4 is 11.8 Å². The highest BCUT2D eigenvalue weighted by atomic mass is 19.1. The number of carbonyl (C=O) groups excluding carboxylic acids is 2. The highest BCUT2D eigenvalue weighted by Gasteiger charge is 2.28. The van der Waals surface area contributed by atoms with Crippen LogP contribution in [0.15, 0.2) is 36.4 Å². The summed E-state index contributed by atoms with van der Waals surface area (Å²) < 4.78 is 19.0. The van der Waals surface area contributed by atoms with Crippen molar-refractivity contribution in [1.82, 2.24) is 10.6 Å². The molecule has 2 amide bonds. The Labute approximate surface area is 145 Å². The summed E-state index contributed by atoms with van der Waals surface area (Å²) in [5, 5.41) is 5.41. The maximum atomic E-state index is 13.2. The van der Waals surface area contributed by atoms with Gasteiger partial charge >= 0.3 is 0 Å². The van der Waals surface area contributed by atoms with Gasteiger partial charge in [-0.05, 0) is 54.8 Å². The molecule has 2 N–H and O–H groups in total. The number of hydrogen-bond donors (Lipinski definition) is 2. The molecule has 0 saturated heterocycles. The lowest BCUT2D eigenvalue weighted by Crippen LogP contribution is -2.44. The predicted molar refractivity (Wildman–Crippen MR) is 90.9 cm³/mol. The molecule has 1 aliphatic rings. The van der Waals surface area contributed by atoms with Crippen LogP contribution in [0.4, 0.5) is 4.39 Å². The lowest BCUT2D eigenvalue weighted by Gasteiger charge is -2.17. The summed E-state index contributed by atoms with van der Waals surface area (Å²) in [5.41, 5.74) is 3.03. The molecular weight excluding hydrogens is 323 g/mol. The van der Waals surface area contributed by atoms with Gasteiger partial charge in [0.1, 0.15) is 11.6 Å². The average molecular weight is 342 g/mol. The molecule has 0 spiro atoms. The van der Waals surface area contributed by atoms with Crippen LogP contribution >= 0.6 is 0 Å². The van der Waals surface area contributed by atoms with E-state index in [0.29, 0.717) is 16.9 Å². The van der Waals surface area contributed by atoms with Crippen molar-refractivity contribution < 1.29 is 18.7 Å². The van der Waals surface area contributed by atoms with Gasteiger partial charge in [-0.1, -0.05) is 12.1 Å². The number of rotatable bonds is 3. The molecule has 25 heavy (non-hydrogen) atoms. The molecule has 0 radical (unpaired) electrons. The number of nitrogens with one attached hydrogen (secondary N) is 2. The van der Waals surface area contributed by atoms with Crippen LogP contribution in [0.25, 0.3) is 0 Å². The molecule has 1 aliphatic heterocycles. The Bertz CT molecular complexity index is 835. The van der Waals surface area contributed by atoms with Gasteiger partial charge in [0.15, 0.2) is 6.10 Å². The van der Waals surface area contributed by atoms with Gasteiger partial charge in [0.2, 0.25) is 0 Å². The summed E-state index contributed by atoms with van der Waals surface area (Å²) in [6.07, 6.45) is -0.846. The van der Waals surface area contributed by atoms with E-state index in [1.165, 1.54) is 12.1 Å². The summed E-state index contributed by atoms with van der Waals surface area (Å²) in [7, 11) is 0. The van der Waals surface area contributed by atoms with Crippen LogP contribution in [0.5, 0.6) is 5.75 Å². The van der Waals surface area contributed by atoms with Crippen molar-refractivity contribution in [3.8, 4) is 5.75 Å². The third kappa shape index (κ3) is 3.79. The average Bonchev–Trinajstić information content (AvgIpc) is 2.73. The number of aryl methyl sites for hydroxylation is 2. The topological polar surface area (TPSA) is 67.4 Å². The minimum Gasteiger partial charge on any atom is -0.478 e. The van der Waals surface area contributed by atoms with Gasteiger partial charge in [-0.3, -0.25) is 9.59 Å². The fourth-order valence-corrected chi connectivity index (χ4v) is 2.64. The zero-order valence-electron chi connectivity index (χ0n) is 14.1. The predicted octanol–water partition coefficient (Wildman–Crippen LogP) is 2.25. The zero-order valence-corrected chi connectivity index (χ0v) is 14.1. The molecule has 2 aromatic rings. The highest BCUT2D eigenvalue weighted by molar-refractivity contribution is 5.98. The van der Waals surface area contributed by atoms with Crippen LogP contribution in [-0.2, 0) is 11.3 Å². The molecule has 130 valence electrons. The minimum absolute atomic E-state index is 0.0700. The first kappa shape index (κ1) is 17.0. The van der Waals surface area contributed by atoms with Crippen molar-refractivity contribution in [3.63, 3.8) is 0 Å². The lowest BCUT2D eigenvalue weighted by molar-refractivity contribution is -0.127. The normalized spacial score (nSPS) is 16.3. The second kappa shape index (κ2) is 6.93. The van der Waals surface area contributed by atoms with Gasteiger partial charge in [-0.2, -0.15) is 0 Å². The summed E-state index contributed by atoms with van der Waals surface area (Å²) in [6.45, 7) is 4.09. The van der Waals surface area contributed by atoms with Crippen LogP contribution in [0.3, 0.4) is 0 Å². The maximum Gasteiger partial charge on any atom is 0.263 e. The van der Waals surface area contributed by atoms with Crippen molar-refractivity contribution in [2.45, 2.75) is 26.5 Å². The first-order valence-electron chi connectivity index (χ1n) is 8.02. The minimum atomic E-state index is -0.846. The van der Waals surface area contributed by atoms with E-state index < -0.39 is 6.10 Å². The summed E-state index contributed by atoms with van der Waals surface area (Å²) in [5.74, 6) is -0.595. The number of carbonyl (C=O) groups is 2. The van der Waals surface area contributed by atoms with Crippen LogP contribution < -0.4 is 15.4 Å². The molecular formula is C19H19FN2O3. The Kier molecular flexibility index (Phi) is 4.70. The third-order valence-corrected chi connectivity index (χ3v) is 4.21. The quantitative estimate of drug-likeness (QED) is 0.899. The van der Waals surface area contributed by atoms with Crippen LogP contribution in [0, 0.1) is 19.7 Å². The van der Waals surface area contributed by atoms with Crippen LogP contribution in [0.1, 0.15) is 27.0 Å². The molecule has 6 heteroatoms. The first-order valence-corrected chi connectivity index (χ1v) is 8.02. The van der Waals surface area contributed by atoms with Gasteiger partial charge in [0.05, 0.1) is 12.1 Å². The number of fused-ring (bicyclic) bond motifs is 1. The van der Waals surface area contributed by atoms with Crippen molar-refractivity contribution in [2.75, 3.05) is 6.54 Å². The molecule has 1 heterocycles. The van der Waals surface area contributed by atoms with Crippen molar-refractivity contribution in [2.24, 2.45) is 0 Å². The Morgan fingerprint density at radius 2 is 2.04 bits per heavy atom. The Morgan fingerprint density at radius 1 is 1.28 bits per heavy atom. The molecule has 5 nitrogen and oxygen atoms in total. The molecule has 3 rings (SSSR count). The second-order valence-corrected chi connectivity index (χ2v) is 6.10. The first-order chi connectivity index (χ1) is 11.9. The van der Waals surface area contributed by atoms with E-state index in [2.05, 4.69) is 10.6 Å². The van der Waals surface area contributed by atoms with Gasteiger partial charge in [-0.15, -0.1) is 0 Å². The Hall–Kier alpha value is -2.89. The standard InChI is InChI=1S/C19H19FN2O3/c1-11-6-15-16(7-12(11)2)25-17(10-22-18(15)23)19(24)21-9-13-4-3-5-14(20)8-13/h3-8,17H,9-10H2,1-2H3,(H,21,24)(H,22,23)/t17-/m1/s1. The molecule has 2 aromatic carbocycles. The zero-order chi connectivity index (χ0) is 18.0. The van der Waals surface area contributed by atoms with Gasteiger partial charge < -0.3 is 15.4 Å². The third-order valence-electron chi connectivity index (χ3n) is 4.21. The number of ether oxygens (including phenoxy) is 1. The van der Waals surface area contributed by atoms with E-state index in [1.54, 1.807) is 24.3 Å². The van der Waals surface area contributed by atoms with Gasteiger partial charge in [0.25, 0.3) is 11.8 Å². The van der Waals surface area contributed by atoms with E-state index in [0.717, 1.165) is 11.1 Å². The monoisotopic (exact) mass is 342 g/mol. The van der Waals surface area contributed by atoms with E-state index >= 15 is 0 Å². The molecule has 0 fully saturated rings. The molecule has 0 aliphatic carbocycles. The summed E-state index contributed by atoms with van der Waals surface area (Å²) in [4.78, 5) is 24.6. The summed E-state index contributed by atoms with van der Waals surface area (Å²) >= 11 is 0. The molecule has 0 aromatic heterocycles. The van der Waals surface area contributed by atoms with E-state index in [-0.39, 0.29) is 30.7 Å². The van der Waals surface area contributed by atoms with Crippen LogP contribution in [0.2, 0.25) is 0 Å². The number of halogens is 1. The smallest absolute Gasteiger partial charge is 0.263 e. The molecule has 1 atom stereocenters. The lowest BCUT2D eigenvalue weighted by atomic mass is 10.0. The maximum absolute atomic E-state index is 13.2. The number of benzene rings is 2. The van der Waals surface area contributed by atoms with Gasteiger partial charge in [-0.25, -0.2) is 4.39 Å². The highest BCUT2D eigenvalue weighted by Crippen LogP contribution is 2.26. The Balaban J connectivity index is 1.73. The summed E-state index contributed by atoms with van der Waals surface area (Å²) in [6, 6.07) is 9.53. The van der Waals surface area contributed by atoms with E-state index in [4.69, 9.17) is 4.74 Å². The van der Waals surface area contributed by atoms with Crippen molar-refractivity contribution in [1.29, 1.82) is 0 Å². The van der Waals surface area contributed by atoms with Gasteiger partial charge in [0, 0.05) is 6.54 Å². The second-order valence-electron chi connectivity index (χ2n) is 6.10. The molecule has 0 saturated carbocycles. The fraction of sp³-hybridized carbons (Fsp3) is 0.263. The largest absolute Gasteiger partial charge is 0.478 e. The molecule has 0 unspecified atom stereocenters. The molecule has 0 bridgehead atoms. The van der Waals surface area contributed by atoms with E-state index in [9.17, 15) is 14.0 Å². The SMILES string of the molecule is Cc1cc2c(cc1C)C(=O)NC[C@H](C(=O)NCc1cccc(F)c1)O2. The number of hydrogen-bond acceptors (Lipinski definition) is 3.